The molecule has 0 radical (unpaired) electrons. The number of hydrogen-bond donors (Lipinski definition) is 1. The zero-order valence-electron chi connectivity index (χ0n) is 12.8. The fraction of sp³-hybridized carbons (Fsp3) is 0.938. The molecule has 110 valence electrons. The van der Waals surface area contributed by atoms with Crippen LogP contribution in [0.1, 0.15) is 59.3 Å². The van der Waals surface area contributed by atoms with Crippen molar-refractivity contribution in [3.8, 4) is 0 Å². The second-order valence-electron chi connectivity index (χ2n) is 6.75. The van der Waals surface area contributed by atoms with Crippen LogP contribution in [0, 0.1) is 11.8 Å². The normalized spacial score (nSPS) is 29.2. The van der Waals surface area contributed by atoms with Crippen LogP contribution in [0.5, 0.6) is 0 Å². The molecule has 1 saturated carbocycles. The van der Waals surface area contributed by atoms with E-state index in [2.05, 4.69) is 17.1 Å². The van der Waals surface area contributed by atoms with Crippen molar-refractivity contribution in [2.45, 2.75) is 71.4 Å². The number of hydrogen-bond acceptors (Lipinski definition) is 2. The highest BCUT2D eigenvalue weighted by Crippen LogP contribution is 2.24. The fourth-order valence-electron chi connectivity index (χ4n) is 3.59. The average Bonchev–Trinajstić information content (AvgIpc) is 2.90. The van der Waals surface area contributed by atoms with Crippen LogP contribution in [-0.2, 0) is 4.79 Å². The van der Waals surface area contributed by atoms with Crippen molar-refractivity contribution in [2.24, 2.45) is 11.8 Å². The van der Waals surface area contributed by atoms with Gasteiger partial charge >= 0.3 is 0 Å². The van der Waals surface area contributed by atoms with E-state index >= 15 is 0 Å². The van der Waals surface area contributed by atoms with Crippen molar-refractivity contribution < 1.29 is 4.79 Å². The van der Waals surface area contributed by atoms with Crippen molar-refractivity contribution in [2.75, 3.05) is 13.1 Å². The molecule has 0 spiro atoms. The van der Waals surface area contributed by atoms with Crippen LogP contribution in [0.25, 0.3) is 0 Å². The molecule has 1 N–H and O–H groups in total. The highest BCUT2D eigenvalue weighted by Gasteiger charge is 2.31. The van der Waals surface area contributed by atoms with Gasteiger partial charge in [-0.05, 0) is 25.2 Å². The number of piperidine rings is 1. The van der Waals surface area contributed by atoms with E-state index in [-0.39, 0.29) is 5.92 Å². The molecule has 1 aliphatic heterocycles. The zero-order valence-corrected chi connectivity index (χ0v) is 12.8. The van der Waals surface area contributed by atoms with Gasteiger partial charge in [0.05, 0.1) is 0 Å². The Hall–Kier alpha value is -0.570. The Kier molecular flexibility index (Phi) is 5.26. The zero-order chi connectivity index (χ0) is 13.8. The van der Waals surface area contributed by atoms with E-state index in [1.165, 1.54) is 38.5 Å². The number of amides is 1. The largest absolute Gasteiger partial charge is 0.341 e. The van der Waals surface area contributed by atoms with Crippen LogP contribution >= 0.6 is 0 Å². The molecule has 2 rings (SSSR count). The first-order valence-electron chi connectivity index (χ1n) is 8.15. The summed E-state index contributed by atoms with van der Waals surface area (Å²) in [6.45, 7) is 8.16. The lowest BCUT2D eigenvalue weighted by Crippen LogP contribution is -2.53. The third-order valence-corrected chi connectivity index (χ3v) is 4.75. The lowest BCUT2D eigenvalue weighted by atomic mass is 9.91. The summed E-state index contributed by atoms with van der Waals surface area (Å²) >= 11 is 0. The lowest BCUT2D eigenvalue weighted by Gasteiger charge is -2.39. The second kappa shape index (κ2) is 6.74. The topological polar surface area (TPSA) is 32.3 Å². The van der Waals surface area contributed by atoms with Crippen molar-refractivity contribution in [1.29, 1.82) is 0 Å². The minimum Gasteiger partial charge on any atom is -0.341 e. The predicted molar refractivity (Wildman–Crippen MR) is 79.0 cm³/mol. The molecule has 3 heteroatoms. The van der Waals surface area contributed by atoms with Crippen LogP contribution in [0.2, 0.25) is 0 Å². The van der Waals surface area contributed by atoms with E-state index in [9.17, 15) is 4.79 Å². The molecule has 3 nitrogen and oxygen atoms in total. The first-order chi connectivity index (χ1) is 9.10. The Balaban J connectivity index is 1.93. The summed E-state index contributed by atoms with van der Waals surface area (Å²) in [7, 11) is 0. The average molecular weight is 266 g/mol. The molecule has 0 aromatic heterocycles. The van der Waals surface area contributed by atoms with E-state index < -0.39 is 0 Å². The minimum absolute atomic E-state index is 0.128. The monoisotopic (exact) mass is 266 g/mol. The van der Waals surface area contributed by atoms with E-state index in [0.717, 1.165) is 13.1 Å². The van der Waals surface area contributed by atoms with Gasteiger partial charge in [0.15, 0.2) is 0 Å². The Morgan fingerprint density at radius 2 is 1.89 bits per heavy atom. The molecule has 19 heavy (non-hydrogen) atoms. The first-order valence-corrected chi connectivity index (χ1v) is 8.15. The molecule has 2 unspecified atom stereocenters. The fourth-order valence-corrected chi connectivity index (χ4v) is 3.59. The van der Waals surface area contributed by atoms with Gasteiger partial charge in [0.25, 0.3) is 0 Å². The van der Waals surface area contributed by atoms with Gasteiger partial charge in [0.2, 0.25) is 5.91 Å². The highest BCUT2D eigenvalue weighted by atomic mass is 16.2. The third-order valence-electron chi connectivity index (χ3n) is 4.75. The summed E-state index contributed by atoms with van der Waals surface area (Å²) in [6, 6.07) is 1.22. The maximum absolute atomic E-state index is 12.2. The maximum atomic E-state index is 12.2. The van der Waals surface area contributed by atoms with Crippen LogP contribution in [0.3, 0.4) is 0 Å². The standard InChI is InChI=1S/C16H30N2O/c1-4-13-9-15(17-14-7-5-6-8-14)11-18(10-13)16(19)12(2)3/h12-15,17H,4-11H2,1-3H3. The molecule has 0 aromatic rings. The minimum atomic E-state index is 0.128. The Morgan fingerprint density at radius 3 is 2.47 bits per heavy atom. The van der Waals surface area contributed by atoms with Crippen LogP contribution < -0.4 is 5.32 Å². The maximum Gasteiger partial charge on any atom is 0.225 e. The van der Waals surface area contributed by atoms with Crippen LogP contribution in [-0.4, -0.2) is 36.0 Å². The summed E-state index contributed by atoms with van der Waals surface area (Å²) in [6.07, 6.45) is 7.82. The molecule has 2 atom stereocenters. The molecular formula is C16H30N2O. The van der Waals surface area contributed by atoms with E-state index in [1.54, 1.807) is 0 Å². The van der Waals surface area contributed by atoms with E-state index in [1.807, 2.05) is 13.8 Å². The number of rotatable bonds is 4. The Morgan fingerprint density at radius 1 is 1.21 bits per heavy atom. The number of likely N-dealkylation sites (tertiary alicyclic amines) is 1. The molecular weight excluding hydrogens is 236 g/mol. The SMILES string of the molecule is CCC1CC(NC2CCCC2)CN(C(=O)C(C)C)C1. The van der Waals surface area contributed by atoms with Crippen molar-refractivity contribution in [1.82, 2.24) is 10.2 Å². The van der Waals surface area contributed by atoms with Gasteiger partial charge in [0, 0.05) is 31.1 Å². The van der Waals surface area contributed by atoms with E-state index in [4.69, 9.17) is 0 Å². The number of nitrogens with one attached hydrogen (secondary N) is 1. The summed E-state index contributed by atoms with van der Waals surface area (Å²) in [5.41, 5.74) is 0. The summed E-state index contributed by atoms with van der Waals surface area (Å²) < 4.78 is 0. The van der Waals surface area contributed by atoms with Crippen LogP contribution in [0.4, 0.5) is 0 Å². The van der Waals surface area contributed by atoms with Crippen LogP contribution in [0.15, 0.2) is 0 Å². The van der Waals surface area contributed by atoms with Crippen molar-refractivity contribution >= 4 is 5.91 Å². The van der Waals surface area contributed by atoms with Gasteiger partial charge in [-0.3, -0.25) is 4.79 Å². The van der Waals surface area contributed by atoms with Crippen molar-refractivity contribution in [3.63, 3.8) is 0 Å². The molecule has 0 aromatic carbocycles. The molecule has 1 saturated heterocycles. The molecule has 2 aliphatic rings. The molecule has 1 heterocycles. The van der Waals surface area contributed by atoms with Gasteiger partial charge in [-0.15, -0.1) is 0 Å². The van der Waals surface area contributed by atoms with Gasteiger partial charge in [-0.25, -0.2) is 0 Å². The van der Waals surface area contributed by atoms with Gasteiger partial charge in [-0.1, -0.05) is 40.0 Å². The summed E-state index contributed by atoms with van der Waals surface area (Å²) in [4.78, 5) is 14.3. The molecule has 1 amide bonds. The second-order valence-corrected chi connectivity index (χ2v) is 6.75. The lowest BCUT2D eigenvalue weighted by molar-refractivity contribution is -0.137. The quantitative estimate of drug-likeness (QED) is 0.848. The third kappa shape index (κ3) is 3.95. The van der Waals surface area contributed by atoms with E-state index in [0.29, 0.717) is 23.9 Å². The highest BCUT2D eigenvalue weighted by molar-refractivity contribution is 5.78. The molecule has 0 bridgehead atoms. The summed E-state index contributed by atoms with van der Waals surface area (Å²) in [5.74, 6) is 1.13. The van der Waals surface area contributed by atoms with Gasteiger partial charge < -0.3 is 10.2 Å². The first kappa shape index (κ1) is 14.8. The van der Waals surface area contributed by atoms with Gasteiger partial charge in [-0.2, -0.15) is 0 Å². The molecule has 1 aliphatic carbocycles. The number of nitrogens with zero attached hydrogens (tertiary/aromatic N) is 1. The Labute approximate surface area is 118 Å². The predicted octanol–water partition coefficient (Wildman–Crippen LogP) is 2.80. The van der Waals surface area contributed by atoms with Crippen molar-refractivity contribution in [3.05, 3.63) is 0 Å². The number of carbonyl (C=O) groups excluding carboxylic acids is 1. The number of carbonyl (C=O) groups is 1. The summed E-state index contributed by atoms with van der Waals surface area (Å²) in [5, 5.41) is 3.81. The smallest absolute Gasteiger partial charge is 0.225 e. The molecule has 2 fully saturated rings. The van der Waals surface area contributed by atoms with Gasteiger partial charge in [0.1, 0.15) is 0 Å². The Bertz CT molecular complexity index is 297.